The smallest absolute Gasteiger partial charge is 0.0448 e. The van der Waals surface area contributed by atoms with Crippen LogP contribution in [0.4, 0.5) is 0 Å². The zero-order valence-electron chi connectivity index (χ0n) is 14.0. The van der Waals surface area contributed by atoms with E-state index in [1.807, 2.05) is 0 Å². The first-order valence-corrected chi connectivity index (χ1v) is 11.7. The van der Waals surface area contributed by atoms with Gasteiger partial charge in [0.2, 0.25) is 0 Å². The van der Waals surface area contributed by atoms with Crippen molar-refractivity contribution in [3.63, 3.8) is 0 Å². The predicted octanol–water partition coefficient (Wildman–Crippen LogP) is 5.16. The van der Waals surface area contributed by atoms with Crippen LogP contribution in [0, 0.1) is 11.3 Å². The number of rotatable bonds is 10. The quantitative estimate of drug-likeness (QED) is 0.541. The highest BCUT2D eigenvalue weighted by molar-refractivity contribution is 6.76. The molecule has 0 spiro atoms. The molecule has 1 unspecified atom stereocenters. The summed E-state index contributed by atoms with van der Waals surface area (Å²) in [7, 11) is -0.981. The average Bonchev–Trinajstić information content (AvgIpc) is 2.23. The molecule has 0 amide bonds. The van der Waals surface area contributed by atoms with Gasteiger partial charge in [0.1, 0.15) is 0 Å². The van der Waals surface area contributed by atoms with Gasteiger partial charge in [0.05, 0.1) is 0 Å². The van der Waals surface area contributed by atoms with Gasteiger partial charge in [0, 0.05) is 14.6 Å². The molecule has 1 nitrogen and oxygen atoms in total. The summed E-state index contributed by atoms with van der Waals surface area (Å²) in [6, 6.07) is 1.47. The van der Waals surface area contributed by atoms with Crippen LogP contribution >= 0.6 is 0 Å². The van der Waals surface area contributed by atoms with Crippen LogP contribution in [0.2, 0.25) is 25.7 Å². The minimum Gasteiger partial charge on any atom is -0.316 e. The molecule has 0 saturated heterocycles. The van der Waals surface area contributed by atoms with Gasteiger partial charge >= 0.3 is 0 Å². The maximum absolute atomic E-state index is 3.73. The Labute approximate surface area is 117 Å². The molecule has 2 heteroatoms. The van der Waals surface area contributed by atoms with E-state index in [1.165, 1.54) is 44.8 Å². The molecule has 0 aliphatic rings. The molecule has 0 fully saturated rings. The molecule has 0 aromatic heterocycles. The Morgan fingerprint density at radius 3 is 2.11 bits per heavy atom. The molecule has 0 aliphatic carbocycles. The second-order valence-corrected chi connectivity index (χ2v) is 13.2. The van der Waals surface area contributed by atoms with Crippen LogP contribution in [-0.4, -0.2) is 21.2 Å². The summed E-state index contributed by atoms with van der Waals surface area (Å²) in [4.78, 5) is 0. The molecule has 0 radical (unpaired) electrons. The molecular weight excluding hydrogens is 234 g/mol. The van der Waals surface area contributed by atoms with E-state index in [2.05, 4.69) is 52.7 Å². The Kier molecular flexibility index (Phi) is 8.45. The molecule has 0 saturated carbocycles. The summed E-state index contributed by atoms with van der Waals surface area (Å²) in [6.45, 7) is 19.3. The second-order valence-electron chi connectivity index (χ2n) is 7.72. The van der Waals surface area contributed by atoms with Gasteiger partial charge < -0.3 is 5.32 Å². The lowest BCUT2D eigenvalue weighted by atomic mass is 9.82. The van der Waals surface area contributed by atoms with Gasteiger partial charge in [-0.15, -0.1) is 0 Å². The maximum Gasteiger partial charge on any atom is 0.0448 e. The van der Waals surface area contributed by atoms with Crippen LogP contribution in [-0.2, 0) is 0 Å². The van der Waals surface area contributed by atoms with Gasteiger partial charge in [0.25, 0.3) is 0 Å². The van der Waals surface area contributed by atoms with Gasteiger partial charge in [-0.2, -0.15) is 0 Å². The number of hydrogen-bond donors (Lipinski definition) is 1. The molecule has 0 aliphatic heterocycles. The van der Waals surface area contributed by atoms with Crippen molar-refractivity contribution in [2.75, 3.05) is 13.1 Å². The topological polar surface area (TPSA) is 12.0 Å². The molecule has 1 atom stereocenters. The fourth-order valence-electron chi connectivity index (χ4n) is 2.97. The van der Waals surface area contributed by atoms with E-state index in [9.17, 15) is 0 Å². The highest BCUT2D eigenvalue weighted by Gasteiger charge is 2.32. The van der Waals surface area contributed by atoms with Gasteiger partial charge in [-0.05, 0) is 30.7 Å². The summed E-state index contributed by atoms with van der Waals surface area (Å²) >= 11 is 0. The first-order valence-electron chi connectivity index (χ1n) is 7.95. The normalized spacial score (nSPS) is 16.0. The summed E-state index contributed by atoms with van der Waals surface area (Å²) in [5.74, 6) is 0.762. The van der Waals surface area contributed by atoms with Crippen molar-refractivity contribution in [2.45, 2.75) is 79.1 Å². The van der Waals surface area contributed by atoms with Gasteiger partial charge in [-0.1, -0.05) is 66.2 Å². The fraction of sp³-hybridized carbons (Fsp3) is 1.00. The fourth-order valence-corrected chi connectivity index (χ4v) is 5.77. The van der Waals surface area contributed by atoms with Crippen LogP contribution in [0.1, 0.15) is 53.4 Å². The first kappa shape index (κ1) is 18.2. The molecule has 1 N–H and O–H groups in total. The lowest BCUT2D eigenvalue weighted by molar-refractivity contribution is 0.255. The molecule has 0 aromatic carbocycles. The minimum absolute atomic E-state index is 0.565. The van der Waals surface area contributed by atoms with E-state index in [1.54, 1.807) is 0 Å². The summed E-state index contributed by atoms with van der Waals surface area (Å²) in [6.07, 6.45) is 5.47. The van der Waals surface area contributed by atoms with Crippen molar-refractivity contribution in [3.05, 3.63) is 0 Å². The van der Waals surface area contributed by atoms with Crippen LogP contribution in [0.5, 0.6) is 0 Å². The molecule has 0 rings (SSSR count). The number of nitrogens with one attached hydrogen (secondary N) is 1. The van der Waals surface area contributed by atoms with Crippen molar-refractivity contribution in [2.24, 2.45) is 11.3 Å². The van der Waals surface area contributed by atoms with Gasteiger partial charge in [0.15, 0.2) is 0 Å². The van der Waals surface area contributed by atoms with E-state index >= 15 is 0 Å². The highest BCUT2D eigenvalue weighted by Crippen LogP contribution is 2.37. The van der Waals surface area contributed by atoms with E-state index in [0.29, 0.717) is 5.41 Å². The zero-order valence-corrected chi connectivity index (χ0v) is 15.0. The maximum atomic E-state index is 3.73. The summed E-state index contributed by atoms with van der Waals surface area (Å²) in [5, 5.41) is 3.73. The molecule has 0 bridgehead atoms. The molecule has 0 aromatic rings. The van der Waals surface area contributed by atoms with Crippen LogP contribution in [0.25, 0.3) is 0 Å². The van der Waals surface area contributed by atoms with Crippen molar-refractivity contribution >= 4 is 8.07 Å². The summed E-state index contributed by atoms with van der Waals surface area (Å²) < 4.78 is 0. The van der Waals surface area contributed by atoms with Crippen molar-refractivity contribution in [1.82, 2.24) is 5.32 Å². The first-order chi connectivity index (χ1) is 8.24. The third-order valence-electron chi connectivity index (χ3n) is 3.77. The van der Waals surface area contributed by atoms with E-state index in [-0.39, 0.29) is 0 Å². The Hall–Kier alpha value is 0.177. The Balaban J connectivity index is 4.54. The van der Waals surface area contributed by atoms with E-state index in [0.717, 1.165) is 5.92 Å². The van der Waals surface area contributed by atoms with Crippen LogP contribution in [0.15, 0.2) is 0 Å². The lowest BCUT2D eigenvalue weighted by Gasteiger charge is -2.38. The van der Waals surface area contributed by atoms with E-state index < -0.39 is 8.07 Å². The molecular formula is C16H37NSi. The SMILES string of the molecule is CCCCC(CC)(CNCC(C)C)C[Si](C)(C)C. The Morgan fingerprint density at radius 1 is 1.11 bits per heavy atom. The number of unbranched alkanes of at least 4 members (excludes halogenated alkanes) is 1. The van der Waals surface area contributed by atoms with Gasteiger partial charge in [-0.3, -0.25) is 0 Å². The van der Waals surface area contributed by atoms with Gasteiger partial charge in [-0.25, -0.2) is 0 Å². The predicted molar refractivity (Wildman–Crippen MR) is 88.1 cm³/mol. The number of hydrogen-bond acceptors (Lipinski definition) is 1. The van der Waals surface area contributed by atoms with Crippen molar-refractivity contribution < 1.29 is 0 Å². The Bertz CT molecular complexity index is 208. The highest BCUT2D eigenvalue weighted by atomic mass is 28.3. The molecule has 0 heterocycles. The average molecular weight is 272 g/mol. The summed E-state index contributed by atoms with van der Waals surface area (Å²) in [5.41, 5.74) is 0.565. The van der Waals surface area contributed by atoms with Crippen LogP contribution in [0.3, 0.4) is 0 Å². The third kappa shape index (κ3) is 8.31. The van der Waals surface area contributed by atoms with Crippen LogP contribution < -0.4 is 5.32 Å². The standard InChI is InChI=1S/C16H37NSi/c1-8-10-11-16(9-2,14-18(5,6)7)13-17-12-15(3)4/h15,17H,8-14H2,1-7H3. The third-order valence-corrected chi connectivity index (χ3v) is 5.58. The van der Waals surface area contributed by atoms with E-state index in [4.69, 9.17) is 0 Å². The second kappa shape index (κ2) is 8.37. The van der Waals surface area contributed by atoms with Crippen molar-refractivity contribution in [3.8, 4) is 0 Å². The molecule has 18 heavy (non-hydrogen) atoms. The Morgan fingerprint density at radius 2 is 1.72 bits per heavy atom. The minimum atomic E-state index is -0.981. The van der Waals surface area contributed by atoms with Crippen molar-refractivity contribution in [1.29, 1.82) is 0 Å². The molecule has 110 valence electrons. The largest absolute Gasteiger partial charge is 0.316 e. The monoisotopic (exact) mass is 271 g/mol. The lowest BCUT2D eigenvalue weighted by Crippen LogP contribution is -2.41. The zero-order chi connectivity index (χ0) is 14.2.